The van der Waals surface area contributed by atoms with Gasteiger partial charge < -0.3 is 5.11 Å². The first-order chi connectivity index (χ1) is 6.18. The van der Waals surface area contributed by atoms with Gasteiger partial charge in [-0.2, -0.15) is 0 Å². The van der Waals surface area contributed by atoms with E-state index < -0.39 is 5.97 Å². The van der Waals surface area contributed by atoms with E-state index in [9.17, 15) is 4.79 Å². The summed E-state index contributed by atoms with van der Waals surface area (Å²) >= 11 is 1.17. The van der Waals surface area contributed by atoms with Crippen molar-refractivity contribution in [3.63, 3.8) is 0 Å². The molecule has 0 bridgehead atoms. The Kier molecular flexibility index (Phi) is 3.45. The number of rotatable bonds is 3. The third-order valence-corrected chi connectivity index (χ3v) is 1.84. The minimum atomic E-state index is -0.973. The summed E-state index contributed by atoms with van der Waals surface area (Å²) in [4.78, 5) is 18.1. The quantitative estimate of drug-likeness (QED) is 0.450. The zero-order chi connectivity index (χ0) is 9.68. The normalized spacial score (nSPS) is 10.5. The van der Waals surface area contributed by atoms with Crippen molar-refractivity contribution in [2.75, 3.05) is 0 Å². The van der Waals surface area contributed by atoms with Gasteiger partial charge in [0.05, 0.1) is 0 Å². The SMILES string of the molecule is Cc1cnc(SC=CC(=O)O)nc1. The van der Waals surface area contributed by atoms with Crippen LogP contribution in [0.5, 0.6) is 0 Å². The summed E-state index contributed by atoms with van der Waals surface area (Å²) < 4.78 is 0. The van der Waals surface area contributed by atoms with E-state index in [0.29, 0.717) is 5.16 Å². The van der Waals surface area contributed by atoms with Gasteiger partial charge in [-0.1, -0.05) is 11.8 Å². The van der Waals surface area contributed by atoms with Crippen molar-refractivity contribution in [3.8, 4) is 0 Å². The van der Waals surface area contributed by atoms with Gasteiger partial charge in [0.25, 0.3) is 0 Å². The summed E-state index contributed by atoms with van der Waals surface area (Å²) in [6.45, 7) is 1.89. The van der Waals surface area contributed by atoms with Crippen molar-refractivity contribution in [2.24, 2.45) is 0 Å². The van der Waals surface area contributed by atoms with E-state index in [-0.39, 0.29) is 0 Å². The fourth-order valence-corrected chi connectivity index (χ4v) is 1.13. The second-order valence-electron chi connectivity index (χ2n) is 2.30. The van der Waals surface area contributed by atoms with Crippen LogP contribution in [0.4, 0.5) is 0 Å². The number of carboxylic acids is 1. The van der Waals surface area contributed by atoms with Crippen molar-refractivity contribution in [3.05, 3.63) is 29.4 Å². The minimum Gasteiger partial charge on any atom is -0.478 e. The molecule has 0 unspecified atom stereocenters. The summed E-state index contributed by atoms with van der Waals surface area (Å²) in [5.74, 6) is -0.973. The lowest BCUT2D eigenvalue weighted by atomic mass is 10.4. The standard InChI is InChI=1S/C8H8N2O2S/c1-6-4-9-8(10-5-6)13-3-2-7(11)12/h2-5H,1H3,(H,11,12). The number of thioether (sulfide) groups is 1. The topological polar surface area (TPSA) is 63.1 Å². The molecular weight excluding hydrogens is 188 g/mol. The molecule has 0 atom stereocenters. The Bertz CT molecular complexity index is 321. The van der Waals surface area contributed by atoms with Crippen molar-refractivity contribution in [1.82, 2.24) is 9.97 Å². The monoisotopic (exact) mass is 196 g/mol. The molecule has 0 fully saturated rings. The Morgan fingerprint density at radius 2 is 2.15 bits per heavy atom. The molecule has 0 spiro atoms. The fourth-order valence-electron chi connectivity index (χ4n) is 0.595. The second kappa shape index (κ2) is 4.61. The van der Waals surface area contributed by atoms with Gasteiger partial charge in [-0.3, -0.25) is 0 Å². The van der Waals surface area contributed by atoms with Crippen LogP contribution in [0.2, 0.25) is 0 Å². The molecule has 0 aliphatic carbocycles. The van der Waals surface area contributed by atoms with E-state index in [4.69, 9.17) is 5.11 Å². The van der Waals surface area contributed by atoms with Crippen molar-refractivity contribution >= 4 is 17.7 Å². The lowest BCUT2D eigenvalue weighted by Gasteiger charge is -1.93. The Morgan fingerprint density at radius 1 is 1.54 bits per heavy atom. The zero-order valence-corrected chi connectivity index (χ0v) is 7.78. The molecule has 0 aliphatic heterocycles. The molecule has 0 aromatic carbocycles. The predicted octanol–water partition coefficient (Wildman–Crippen LogP) is 1.48. The van der Waals surface area contributed by atoms with Crippen molar-refractivity contribution < 1.29 is 9.90 Å². The maximum absolute atomic E-state index is 10.1. The number of hydrogen-bond donors (Lipinski definition) is 1. The van der Waals surface area contributed by atoms with E-state index in [1.807, 2.05) is 6.92 Å². The molecule has 1 N–H and O–H groups in total. The van der Waals surface area contributed by atoms with E-state index in [0.717, 1.165) is 11.6 Å². The van der Waals surface area contributed by atoms with Crippen LogP contribution in [-0.2, 0) is 4.79 Å². The molecule has 1 rings (SSSR count). The molecule has 0 radical (unpaired) electrons. The molecule has 13 heavy (non-hydrogen) atoms. The van der Waals surface area contributed by atoms with E-state index >= 15 is 0 Å². The van der Waals surface area contributed by atoms with Crippen molar-refractivity contribution in [1.29, 1.82) is 0 Å². The summed E-state index contributed by atoms with van der Waals surface area (Å²) in [7, 11) is 0. The zero-order valence-electron chi connectivity index (χ0n) is 6.97. The molecule has 1 heterocycles. The Labute approximate surface area is 79.7 Å². The highest BCUT2D eigenvalue weighted by Gasteiger charge is 1.93. The van der Waals surface area contributed by atoms with Gasteiger partial charge in [0.1, 0.15) is 0 Å². The van der Waals surface area contributed by atoms with Gasteiger partial charge in [-0.05, 0) is 17.9 Å². The van der Waals surface area contributed by atoms with Crippen LogP contribution < -0.4 is 0 Å². The summed E-state index contributed by atoms with van der Waals surface area (Å²) in [5.41, 5.74) is 0.978. The molecule has 4 nitrogen and oxygen atoms in total. The van der Waals surface area contributed by atoms with Crippen LogP contribution in [0.25, 0.3) is 0 Å². The molecule has 0 saturated carbocycles. The number of aryl methyl sites for hydroxylation is 1. The Morgan fingerprint density at radius 3 is 2.69 bits per heavy atom. The summed E-state index contributed by atoms with van der Waals surface area (Å²) in [6, 6.07) is 0. The van der Waals surface area contributed by atoms with E-state index in [1.54, 1.807) is 12.4 Å². The number of aliphatic carboxylic acids is 1. The van der Waals surface area contributed by atoms with Gasteiger partial charge >= 0.3 is 5.97 Å². The van der Waals surface area contributed by atoms with Crippen LogP contribution in [0.1, 0.15) is 5.56 Å². The smallest absolute Gasteiger partial charge is 0.328 e. The van der Waals surface area contributed by atoms with E-state index in [1.165, 1.54) is 17.2 Å². The second-order valence-corrected chi connectivity index (χ2v) is 3.17. The lowest BCUT2D eigenvalue weighted by molar-refractivity contribution is -0.131. The van der Waals surface area contributed by atoms with Gasteiger partial charge in [-0.15, -0.1) is 0 Å². The molecule has 68 valence electrons. The highest BCUT2D eigenvalue weighted by atomic mass is 32.2. The first kappa shape index (κ1) is 9.73. The summed E-state index contributed by atoms with van der Waals surface area (Å²) in [5, 5.41) is 10.3. The van der Waals surface area contributed by atoms with Gasteiger partial charge in [0.2, 0.25) is 0 Å². The van der Waals surface area contributed by atoms with Crippen LogP contribution in [0.3, 0.4) is 0 Å². The third-order valence-electron chi connectivity index (χ3n) is 1.14. The number of carbonyl (C=O) groups is 1. The molecule has 1 aromatic heterocycles. The Hall–Kier alpha value is -1.36. The number of hydrogen-bond acceptors (Lipinski definition) is 4. The number of nitrogens with zero attached hydrogens (tertiary/aromatic N) is 2. The van der Waals surface area contributed by atoms with Crippen LogP contribution in [0.15, 0.2) is 29.0 Å². The number of carboxylic acid groups (broad SMARTS) is 1. The molecule has 0 saturated heterocycles. The van der Waals surface area contributed by atoms with Gasteiger partial charge in [0.15, 0.2) is 5.16 Å². The van der Waals surface area contributed by atoms with Gasteiger partial charge in [-0.25, -0.2) is 14.8 Å². The Balaban J connectivity index is 2.55. The van der Waals surface area contributed by atoms with Crippen LogP contribution in [0, 0.1) is 6.92 Å². The van der Waals surface area contributed by atoms with Crippen LogP contribution >= 0.6 is 11.8 Å². The minimum absolute atomic E-state index is 0.545. The average molecular weight is 196 g/mol. The molecule has 0 amide bonds. The highest BCUT2D eigenvalue weighted by molar-refractivity contribution is 8.02. The first-order valence-corrected chi connectivity index (χ1v) is 4.41. The molecular formula is C8H8N2O2S. The molecule has 5 heteroatoms. The van der Waals surface area contributed by atoms with Crippen molar-refractivity contribution in [2.45, 2.75) is 12.1 Å². The van der Waals surface area contributed by atoms with Gasteiger partial charge in [0, 0.05) is 18.5 Å². The van der Waals surface area contributed by atoms with Crippen LogP contribution in [-0.4, -0.2) is 21.0 Å². The third kappa shape index (κ3) is 3.71. The molecule has 0 aliphatic rings. The maximum atomic E-state index is 10.1. The fraction of sp³-hybridized carbons (Fsp3) is 0.125. The molecule has 1 aromatic rings. The lowest BCUT2D eigenvalue weighted by Crippen LogP contribution is -1.86. The number of aromatic nitrogens is 2. The maximum Gasteiger partial charge on any atom is 0.328 e. The van der Waals surface area contributed by atoms with E-state index in [2.05, 4.69) is 9.97 Å². The largest absolute Gasteiger partial charge is 0.478 e. The summed E-state index contributed by atoms with van der Waals surface area (Å²) in [6.07, 6.45) is 4.42. The first-order valence-electron chi connectivity index (χ1n) is 3.53. The highest BCUT2D eigenvalue weighted by Crippen LogP contribution is 2.12. The average Bonchev–Trinajstić information content (AvgIpc) is 2.08. The predicted molar refractivity (Wildman–Crippen MR) is 49.4 cm³/mol.